The lowest BCUT2D eigenvalue weighted by Gasteiger charge is -2.24. The molecule has 18 heavy (non-hydrogen) atoms. The van der Waals surface area contributed by atoms with Crippen molar-refractivity contribution in [2.75, 3.05) is 0 Å². The van der Waals surface area contributed by atoms with Gasteiger partial charge in [-0.1, -0.05) is 12.8 Å². The van der Waals surface area contributed by atoms with Gasteiger partial charge in [0.2, 0.25) is 0 Å². The standard InChI is InChI=1S/C10H15N3O4S/c1-13-8(4-7-11-13)18(16,17)12-10(9(14)15)5-2-3-6-10/h4,7,12H,2-3,5-6H2,1H3,(H,14,15). The minimum absolute atomic E-state index is 0.0324. The first-order valence-corrected chi connectivity index (χ1v) is 7.11. The Morgan fingerprint density at radius 3 is 2.56 bits per heavy atom. The van der Waals surface area contributed by atoms with Crippen molar-refractivity contribution in [2.45, 2.75) is 36.2 Å². The smallest absolute Gasteiger partial charge is 0.324 e. The molecule has 0 aliphatic heterocycles. The Morgan fingerprint density at radius 2 is 2.11 bits per heavy atom. The molecule has 100 valence electrons. The molecule has 1 saturated carbocycles. The molecule has 7 nitrogen and oxygen atoms in total. The lowest BCUT2D eigenvalue weighted by atomic mass is 10.0. The quantitative estimate of drug-likeness (QED) is 0.810. The van der Waals surface area contributed by atoms with Crippen molar-refractivity contribution in [3.8, 4) is 0 Å². The molecule has 0 aromatic carbocycles. The number of carbonyl (C=O) groups is 1. The van der Waals surface area contributed by atoms with Gasteiger partial charge in [0.25, 0.3) is 10.0 Å². The molecule has 1 aromatic heterocycles. The van der Waals surface area contributed by atoms with Crippen LogP contribution < -0.4 is 4.72 Å². The Hall–Kier alpha value is -1.41. The Morgan fingerprint density at radius 1 is 1.50 bits per heavy atom. The molecule has 0 bridgehead atoms. The van der Waals surface area contributed by atoms with Crippen LogP contribution in [0.3, 0.4) is 0 Å². The number of carboxylic acid groups (broad SMARTS) is 1. The van der Waals surface area contributed by atoms with Crippen LogP contribution in [0, 0.1) is 0 Å². The van der Waals surface area contributed by atoms with Gasteiger partial charge >= 0.3 is 5.97 Å². The maximum atomic E-state index is 12.1. The normalized spacial score (nSPS) is 18.9. The first-order chi connectivity index (χ1) is 8.37. The first-order valence-electron chi connectivity index (χ1n) is 5.63. The van der Waals surface area contributed by atoms with Crippen molar-refractivity contribution >= 4 is 16.0 Å². The fourth-order valence-corrected chi connectivity index (χ4v) is 3.82. The van der Waals surface area contributed by atoms with Crippen molar-refractivity contribution in [2.24, 2.45) is 7.05 Å². The highest BCUT2D eigenvalue weighted by Crippen LogP contribution is 2.31. The Labute approximate surface area is 105 Å². The number of rotatable bonds is 4. The van der Waals surface area contributed by atoms with E-state index in [4.69, 9.17) is 0 Å². The van der Waals surface area contributed by atoms with Gasteiger partial charge in [0, 0.05) is 7.05 Å². The molecule has 2 N–H and O–H groups in total. The largest absolute Gasteiger partial charge is 0.480 e. The van der Waals surface area contributed by atoms with Crippen LogP contribution in [-0.2, 0) is 21.9 Å². The summed E-state index contributed by atoms with van der Waals surface area (Å²) in [6.07, 6.45) is 3.41. The third-order valence-corrected chi connectivity index (χ3v) is 4.86. The fourth-order valence-electron chi connectivity index (χ4n) is 2.27. The molecule has 0 amide bonds. The van der Waals surface area contributed by atoms with E-state index in [9.17, 15) is 18.3 Å². The molecule has 0 atom stereocenters. The fraction of sp³-hybridized carbons (Fsp3) is 0.600. The second-order valence-corrected chi connectivity index (χ2v) is 6.12. The minimum Gasteiger partial charge on any atom is -0.480 e. The van der Waals surface area contributed by atoms with E-state index in [1.165, 1.54) is 24.0 Å². The van der Waals surface area contributed by atoms with Crippen LogP contribution in [0.25, 0.3) is 0 Å². The summed E-state index contributed by atoms with van der Waals surface area (Å²) >= 11 is 0. The van der Waals surface area contributed by atoms with Gasteiger partial charge in [-0.15, -0.1) is 0 Å². The average Bonchev–Trinajstić information content (AvgIpc) is 2.87. The summed E-state index contributed by atoms with van der Waals surface area (Å²) in [7, 11) is -2.37. The van der Waals surface area contributed by atoms with Gasteiger partial charge in [0.1, 0.15) is 5.54 Å². The topological polar surface area (TPSA) is 101 Å². The number of aromatic nitrogens is 2. The Kier molecular flexibility index (Phi) is 3.16. The molecule has 0 saturated heterocycles. The lowest BCUT2D eigenvalue weighted by molar-refractivity contribution is -0.143. The van der Waals surface area contributed by atoms with Gasteiger partial charge in [-0.2, -0.15) is 9.82 Å². The molecule has 0 radical (unpaired) electrons. The van der Waals surface area contributed by atoms with Crippen molar-refractivity contribution in [1.82, 2.24) is 14.5 Å². The highest BCUT2D eigenvalue weighted by atomic mass is 32.2. The molecule has 1 aliphatic carbocycles. The predicted octanol–water partition coefficient (Wildman–Crippen LogP) is 0.0958. The maximum Gasteiger partial charge on any atom is 0.324 e. The van der Waals surface area contributed by atoms with E-state index in [-0.39, 0.29) is 5.03 Å². The van der Waals surface area contributed by atoms with E-state index in [1.54, 1.807) is 0 Å². The van der Waals surface area contributed by atoms with Crippen LogP contribution >= 0.6 is 0 Å². The highest BCUT2D eigenvalue weighted by Gasteiger charge is 2.45. The van der Waals surface area contributed by atoms with Crippen molar-refractivity contribution in [1.29, 1.82) is 0 Å². The molecule has 1 fully saturated rings. The molecule has 1 aliphatic rings. The summed E-state index contributed by atoms with van der Waals surface area (Å²) in [6.45, 7) is 0. The summed E-state index contributed by atoms with van der Waals surface area (Å²) < 4.78 is 27.8. The zero-order chi connectivity index (χ0) is 13.4. The lowest BCUT2D eigenvalue weighted by Crippen LogP contribution is -2.52. The Balaban J connectivity index is 2.33. The van der Waals surface area contributed by atoms with E-state index < -0.39 is 21.5 Å². The van der Waals surface area contributed by atoms with E-state index in [1.807, 2.05) is 0 Å². The minimum atomic E-state index is -3.86. The van der Waals surface area contributed by atoms with Crippen molar-refractivity contribution < 1.29 is 18.3 Å². The molecule has 2 rings (SSSR count). The zero-order valence-electron chi connectivity index (χ0n) is 9.96. The van der Waals surface area contributed by atoms with E-state index in [0.717, 1.165) is 0 Å². The van der Waals surface area contributed by atoms with Crippen molar-refractivity contribution in [3.63, 3.8) is 0 Å². The molecule has 8 heteroatoms. The second kappa shape index (κ2) is 4.36. The molecule has 0 unspecified atom stereocenters. The van der Waals surface area contributed by atoms with Gasteiger partial charge in [-0.3, -0.25) is 9.48 Å². The monoisotopic (exact) mass is 273 g/mol. The molecule has 0 spiro atoms. The first kappa shape index (κ1) is 13.0. The second-order valence-electron chi connectivity index (χ2n) is 4.49. The summed E-state index contributed by atoms with van der Waals surface area (Å²) in [5.41, 5.74) is -1.37. The summed E-state index contributed by atoms with van der Waals surface area (Å²) in [5, 5.41) is 13.0. The molecule has 1 aromatic rings. The highest BCUT2D eigenvalue weighted by molar-refractivity contribution is 7.89. The van der Waals surface area contributed by atoms with Crippen LogP contribution in [0.4, 0.5) is 0 Å². The van der Waals surface area contributed by atoms with Gasteiger partial charge < -0.3 is 5.11 Å². The molecular weight excluding hydrogens is 258 g/mol. The number of hydrogen-bond donors (Lipinski definition) is 2. The number of aliphatic carboxylic acids is 1. The van der Waals surface area contributed by atoms with Crippen LogP contribution in [0.2, 0.25) is 0 Å². The summed E-state index contributed by atoms with van der Waals surface area (Å²) in [4.78, 5) is 11.3. The van der Waals surface area contributed by atoms with Gasteiger partial charge in [0.15, 0.2) is 5.03 Å². The summed E-state index contributed by atoms with van der Waals surface area (Å²) in [6, 6.07) is 1.34. The number of aryl methyl sites for hydroxylation is 1. The number of nitrogens with one attached hydrogen (secondary N) is 1. The van der Waals surface area contributed by atoms with E-state index >= 15 is 0 Å². The zero-order valence-corrected chi connectivity index (χ0v) is 10.8. The molecular formula is C10H15N3O4S. The van der Waals surface area contributed by atoms with E-state index in [0.29, 0.717) is 25.7 Å². The molecule has 1 heterocycles. The van der Waals surface area contributed by atoms with Gasteiger partial charge in [-0.25, -0.2) is 8.42 Å². The number of nitrogens with zero attached hydrogens (tertiary/aromatic N) is 2. The van der Waals surface area contributed by atoms with Gasteiger partial charge in [-0.05, 0) is 18.9 Å². The van der Waals surface area contributed by atoms with Crippen LogP contribution in [0.1, 0.15) is 25.7 Å². The number of sulfonamides is 1. The number of carboxylic acids is 1. The third-order valence-electron chi connectivity index (χ3n) is 3.25. The van der Waals surface area contributed by atoms with Crippen molar-refractivity contribution in [3.05, 3.63) is 12.3 Å². The maximum absolute atomic E-state index is 12.1. The van der Waals surface area contributed by atoms with Gasteiger partial charge in [0.05, 0.1) is 6.20 Å². The number of hydrogen-bond acceptors (Lipinski definition) is 4. The third kappa shape index (κ3) is 2.13. The van der Waals surface area contributed by atoms with Crippen LogP contribution in [0.5, 0.6) is 0 Å². The van der Waals surface area contributed by atoms with E-state index in [2.05, 4.69) is 9.82 Å². The SMILES string of the molecule is Cn1nccc1S(=O)(=O)NC1(C(=O)O)CCCC1. The Bertz CT molecular complexity index is 557. The summed E-state index contributed by atoms with van der Waals surface area (Å²) in [5.74, 6) is -1.12. The van der Waals surface area contributed by atoms with Crippen LogP contribution in [-0.4, -0.2) is 34.8 Å². The van der Waals surface area contributed by atoms with Crippen LogP contribution in [0.15, 0.2) is 17.3 Å². The predicted molar refractivity (Wildman–Crippen MR) is 62.4 cm³/mol. The average molecular weight is 273 g/mol.